The molecule has 0 saturated heterocycles. The highest BCUT2D eigenvalue weighted by Crippen LogP contribution is 2.21. The van der Waals surface area contributed by atoms with E-state index < -0.39 is 0 Å². The molecule has 0 radical (unpaired) electrons. The number of anilines is 3. The van der Waals surface area contributed by atoms with E-state index in [0.717, 1.165) is 19.3 Å². The van der Waals surface area contributed by atoms with Crippen LogP contribution in [0.5, 0.6) is 0 Å². The van der Waals surface area contributed by atoms with Crippen LogP contribution < -0.4 is 16.0 Å². The summed E-state index contributed by atoms with van der Waals surface area (Å²) in [6.07, 6.45) is 3.06. The Kier molecular flexibility index (Phi) is 6.65. The van der Waals surface area contributed by atoms with Gasteiger partial charge in [-0.15, -0.1) is 0 Å². The van der Waals surface area contributed by atoms with Crippen LogP contribution in [0.2, 0.25) is 0 Å². The van der Waals surface area contributed by atoms with Crippen LogP contribution in [-0.4, -0.2) is 33.1 Å². The Morgan fingerprint density at radius 3 is 2.00 bits per heavy atom. The summed E-state index contributed by atoms with van der Waals surface area (Å²) in [5, 5.41) is 3.27. The molecule has 120 valence electrons. The van der Waals surface area contributed by atoms with Crippen molar-refractivity contribution < 1.29 is 0 Å². The predicted octanol–water partition coefficient (Wildman–Crippen LogP) is 3.07. The molecule has 0 aliphatic heterocycles. The molecule has 0 spiro atoms. The van der Waals surface area contributed by atoms with Crippen molar-refractivity contribution in [1.29, 1.82) is 0 Å². The SMILES string of the molecule is CCC(C)Nc1nc(N)nc(N(C(C)CC)C(C)CC)n1. The van der Waals surface area contributed by atoms with E-state index in [4.69, 9.17) is 5.73 Å². The lowest BCUT2D eigenvalue weighted by molar-refractivity contribution is 0.515. The van der Waals surface area contributed by atoms with Crippen molar-refractivity contribution in [2.45, 2.75) is 78.9 Å². The number of nitrogens with one attached hydrogen (secondary N) is 1. The van der Waals surface area contributed by atoms with E-state index in [-0.39, 0.29) is 5.95 Å². The summed E-state index contributed by atoms with van der Waals surface area (Å²) < 4.78 is 0. The molecule has 1 aromatic heterocycles. The second kappa shape index (κ2) is 8.00. The van der Waals surface area contributed by atoms with Crippen molar-refractivity contribution in [1.82, 2.24) is 15.0 Å². The smallest absolute Gasteiger partial charge is 0.232 e. The second-order valence-corrected chi connectivity index (χ2v) is 5.69. The molecule has 0 aliphatic carbocycles. The molecular formula is C15H30N6. The Morgan fingerprint density at radius 2 is 1.52 bits per heavy atom. The van der Waals surface area contributed by atoms with Crippen molar-refractivity contribution in [3.05, 3.63) is 0 Å². The van der Waals surface area contributed by atoms with Crippen molar-refractivity contribution in [3.63, 3.8) is 0 Å². The van der Waals surface area contributed by atoms with Gasteiger partial charge in [-0.3, -0.25) is 0 Å². The van der Waals surface area contributed by atoms with Crippen LogP contribution >= 0.6 is 0 Å². The minimum absolute atomic E-state index is 0.266. The molecule has 1 aromatic rings. The molecule has 0 saturated carbocycles. The molecule has 1 rings (SSSR count). The van der Waals surface area contributed by atoms with E-state index in [1.807, 2.05) is 0 Å². The summed E-state index contributed by atoms with van der Waals surface area (Å²) in [6, 6.07) is 1.02. The first-order chi connectivity index (χ1) is 9.92. The molecule has 6 nitrogen and oxygen atoms in total. The van der Waals surface area contributed by atoms with Gasteiger partial charge in [0.05, 0.1) is 0 Å². The van der Waals surface area contributed by atoms with Gasteiger partial charge in [0.1, 0.15) is 0 Å². The number of hydrogen-bond donors (Lipinski definition) is 2. The lowest BCUT2D eigenvalue weighted by Gasteiger charge is -2.34. The number of nitrogens with two attached hydrogens (primary N) is 1. The molecule has 3 atom stereocenters. The zero-order valence-electron chi connectivity index (χ0n) is 14.2. The summed E-state index contributed by atoms with van der Waals surface area (Å²) in [6.45, 7) is 12.9. The van der Waals surface area contributed by atoms with Gasteiger partial charge < -0.3 is 16.0 Å². The Labute approximate surface area is 128 Å². The average molecular weight is 294 g/mol. The number of rotatable bonds is 8. The zero-order chi connectivity index (χ0) is 16.0. The zero-order valence-corrected chi connectivity index (χ0v) is 14.2. The third kappa shape index (κ3) is 4.72. The van der Waals surface area contributed by atoms with Crippen LogP contribution in [0, 0.1) is 0 Å². The van der Waals surface area contributed by atoms with Gasteiger partial charge >= 0.3 is 0 Å². The van der Waals surface area contributed by atoms with Crippen LogP contribution in [0.25, 0.3) is 0 Å². The minimum Gasteiger partial charge on any atom is -0.368 e. The van der Waals surface area contributed by atoms with Gasteiger partial charge in [0.15, 0.2) is 0 Å². The minimum atomic E-state index is 0.266. The Hall–Kier alpha value is -1.59. The molecule has 1 heterocycles. The summed E-state index contributed by atoms with van der Waals surface area (Å²) in [5.74, 6) is 1.49. The highest BCUT2D eigenvalue weighted by atomic mass is 15.3. The first-order valence-corrected chi connectivity index (χ1v) is 7.99. The van der Waals surface area contributed by atoms with Gasteiger partial charge in [-0.2, -0.15) is 15.0 Å². The monoisotopic (exact) mass is 294 g/mol. The van der Waals surface area contributed by atoms with Crippen LogP contribution in [0.15, 0.2) is 0 Å². The molecular weight excluding hydrogens is 264 g/mol. The molecule has 0 fully saturated rings. The van der Waals surface area contributed by atoms with Crippen molar-refractivity contribution in [2.24, 2.45) is 0 Å². The van der Waals surface area contributed by atoms with E-state index in [1.54, 1.807) is 0 Å². The van der Waals surface area contributed by atoms with Crippen LogP contribution in [0.3, 0.4) is 0 Å². The highest BCUT2D eigenvalue weighted by molar-refractivity contribution is 5.43. The topological polar surface area (TPSA) is 80.0 Å². The van der Waals surface area contributed by atoms with E-state index in [2.05, 4.69) is 66.7 Å². The average Bonchev–Trinajstić information content (AvgIpc) is 2.46. The Balaban J connectivity index is 3.13. The molecule has 3 N–H and O–H groups in total. The molecule has 0 aromatic carbocycles. The third-order valence-corrected chi connectivity index (χ3v) is 3.99. The standard InChI is InChI=1S/C15H30N6/c1-7-10(4)17-14-18-13(16)19-15(20-14)21(11(5)8-2)12(6)9-3/h10-12H,7-9H2,1-6H3,(H3,16,17,18,19,20). The van der Waals surface area contributed by atoms with Crippen LogP contribution in [0.4, 0.5) is 17.8 Å². The van der Waals surface area contributed by atoms with Crippen LogP contribution in [0.1, 0.15) is 60.8 Å². The van der Waals surface area contributed by atoms with Gasteiger partial charge in [-0.05, 0) is 40.0 Å². The van der Waals surface area contributed by atoms with Gasteiger partial charge in [0.2, 0.25) is 17.8 Å². The fourth-order valence-corrected chi connectivity index (χ4v) is 2.11. The van der Waals surface area contributed by atoms with E-state index in [1.165, 1.54) is 0 Å². The van der Waals surface area contributed by atoms with Crippen molar-refractivity contribution >= 4 is 17.8 Å². The Bertz CT molecular complexity index is 426. The van der Waals surface area contributed by atoms with Crippen LogP contribution in [-0.2, 0) is 0 Å². The number of hydrogen-bond acceptors (Lipinski definition) is 6. The fraction of sp³-hybridized carbons (Fsp3) is 0.800. The third-order valence-electron chi connectivity index (χ3n) is 3.99. The first-order valence-electron chi connectivity index (χ1n) is 7.99. The summed E-state index contributed by atoms with van der Waals surface area (Å²) in [4.78, 5) is 15.3. The van der Waals surface area contributed by atoms with Gasteiger partial charge in [0, 0.05) is 18.1 Å². The number of nitrogen functional groups attached to an aromatic ring is 1. The van der Waals surface area contributed by atoms with Crippen molar-refractivity contribution in [3.8, 4) is 0 Å². The predicted molar refractivity (Wildman–Crippen MR) is 89.6 cm³/mol. The van der Waals surface area contributed by atoms with E-state index >= 15 is 0 Å². The molecule has 3 unspecified atom stereocenters. The largest absolute Gasteiger partial charge is 0.368 e. The first kappa shape index (κ1) is 17.5. The Morgan fingerprint density at radius 1 is 0.952 bits per heavy atom. The summed E-state index contributed by atoms with van der Waals surface area (Å²) in [5.41, 5.74) is 5.87. The summed E-state index contributed by atoms with van der Waals surface area (Å²) >= 11 is 0. The van der Waals surface area contributed by atoms with E-state index in [0.29, 0.717) is 30.0 Å². The highest BCUT2D eigenvalue weighted by Gasteiger charge is 2.22. The number of nitrogens with zero attached hydrogens (tertiary/aromatic N) is 4. The van der Waals surface area contributed by atoms with Crippen molar-refractivity contribution in [2.75, 3.05) is 16.0 Å². The van der Waals surface area contributed by atoms with Gasteiger partial charge in [-0.25, -0.2) is 0 Å². The number of aromatic nitrogens is 3. The molecule has 6 heteroatoms. The normalized spacial score (nSPS) is 15.3. The maximum absolute atomic E-state index is 5.87. The molecule has 0 bridgehead atoms. The molecule has 0 amide bonds. The second-order valence-electron chi connectivity index (χ2n) is 5.69. The van der Waals surface area contributed by atoms with E-state index in [9.17, 15) is 0 Å². The summed E-state index contributed by atoms with van der Waals surface area (Å²) in [7, 11) is 0. The molecule has 0 aliphatic rings. The fourth-order valence-electron chi connectivity index (χ4n) is 2.11. The van der Waals surface area contributed by atoms with Gasteiger partial charge in [-0.1, -0.05) is 20.8 Å². The molecule has 21 heavy (non-hydrogen) atoms. The maximum Gasteiger partial charge on any atom is 0.232 e. The lowest BCUT2D eigenvalue weighted by atomic mass is 10.1. The van der Waals surface area contributed by atoms with Gasteiger partial charge in [0.25, 0.3) is 0 Å². The quantitative estimate of drug-likeness (QED) is 0.767. The maximum atomic E-state index is 5.87. The lowest BCUT2D eigenvalue weighted by Crippen LogP contribution is -2.41.